The molecule has 0 radical (unpaired) electrons. The van der Waals surface area contributed by atoms with E-state index in [9.17, 15) is 0 Å². The Morgan fingerprint density at radius 3 is 1.08 bits per heavy atom. The van der Waals surface area contributed by atoms with Gasteiger partial charge >= 0.3 is 21.7 Å². The smallest absolute Gasteiger partial charge is 1.00 e. The molecule has 194 valence electrons. The van der Waals surface area contributed by atoms with Gasteiger partial charge in [0, 0.05) is 5.41 Å². The van der Waals surface area contributed by atoms with Crippen LogP contribution < -0.4 is 37.2 Å². The molecule has 37 heavy (non-hydrogen) atoms. The van der Waals surface area contributed by atoms with E-state index in [1.165, 1.54) is 61.2 Å². The Morgan fingerprint density at radius 2 is 0.838 bits per heavy atom. The SMILES string of the molecule is Cc1cc(C)cc(C(c2cc(C)cc(C)c2)(c2cc(C)cc(C)c2)[c-]2ccc(C(C)C)c2)c1.[Cl-].[Cl-].[Cl-].[Ti+4]. The predicted molar refractivity (Wildman–Crippen MR) is 143 cm³/mol. The van der Waals surface area contributed by atoms with Crippen molar-refractivity contribution in [2.45, 2.75) is 66.7 Å². The van der Waals surface area contributed by atoms with E-state index in [0.29, 0.717) is 5.92 Å². The number of rotatable bonds is 5. The van der Waals surface area contributed by atoms with E-state index in [1.807, 2.05) is 0 Å². The minimum absolute atomic E-state index is 0. The van der Waals surface area contributed by atoms with Crippen molar-refractivity contribution in [3.63, 3.8) is 0 Å². The van der Waals surface area contributed by atoms with E-state index in [-0.39, 0.29) is 64.4 Å². The van der Waals surface area contributed by atoms with Crippen molar-refractivity contribution in [2.24, 2.45) is 0 Å². The Hall–Kier alpha value is -1.41. The minimum Gasteiger partial charge on any atom is -1.00 e. The van der Waals surface area contributed by atoms with Gasteiger partial charge in [0.2, 0.25) is 0 Å². The van der Waals surface area contributed by atoms with Crippen LogP contribution in [0.15, 0.2) is 72.8 Å². The van der Waals surface area contributed by atoms with Gasteiger partial charge in [0.05, 0.1) is 0 Å². The molecular weight excluding hydrogens is 551 g/mol. The monoisotopic (exact) mass is 586 g/mol. The predicted octanol–water partition coefficient (Wildman–Crippen LogP) is -0.228. The van der Waals surface area contributed by atoms with E-state index in [4.69, 9.17) is 0 Å². The van der Waals surface area contributed by atoms with Crippen molar-refractivity contribution in [1.82, 2.24) is 0 Å². The zero-order chi connectivity index (χ0) is 23.9. The van der Waals surface area contributed by atoms with Crippen molar-refractivity contribution in [3.8, 4) is 0 Å². The van der Waals surface area contributed by atoms with Crippen molar-refractivity contribution >= 4 is 0 Å². The Kier molecular flexibility index (Phi) is 13.6. The van der Waals surface area contributed by atoms with Crippen LogP contribution in [0, 0.1) is 41.5 Å². The number of hydrogen-bond acceptors (Lipinski definition) is 0. The zero-order valence-electron chi connectivity index (χ0n) is 23.1. The summed E-state index contributed by atoms with van der Waals surface area (Å²) in [5, 5.41) is 0. The number of halogens is 3. The average molecular weight is 588 g/mol. The molecule has 0 aliphatic carbocycles. The maximum atomic E-state index is 2.44. The third kappa shape index (κ3) is 7.17. The second-order valence-corrected chi connectivity index (χ2v) is 10.5. The van der Waals surface area contributed by atoms with Crippen LogP contribution in [0.5, 0.6) is 0 Å². The van der Waals surface area contributed by atoms with Gasteiger partial charge in [-0.1, -0.05) is 108 Å². The van der Waals surface area contributed by atoms with E-state index in [2.05, 4.69) is 128 Å². The van der Waals surface area contributed by atoms with Gasteiger partial charge in [-0.15, -0.1) is 5.56 Å². The van der Waals surface area contributed by atoms with Crippen LogP contribution in [0.4, 0.5) is 0 Å². The second-order valence-electron chi connectivity index (χ2n) is 10.5. The standard InChI is InChI=1S/C33H37.3ClH.Ti/c1-21(2)28-9-10-29(20-28)33(30-14-22(3)11-23(4)15-30,31-16-24(5)12-25(6)17-31)32-18-26(7)13-27(8)19-32;;;;/h9-21H,1-8H3;3*1H;/q-1;;;;+4/p-3. The molecule has 4 aromatic carbocycles. The first-order valence-electron chi connectivity index (χ1n) is 12.1. The van der Waals surface area contributed by atoms with Crippen LogP contribution in [0.3, 0.4) is 0 Å². The first-order valence-corrected chi connectivity index (χ1v) is 12.1. The molecule has 0 bridgehead atoms. The molecule has 0 heterocycles. The molecule has 0 nitrogen and oxygen atoms in total. The fourth-order valence-corrected chi connectivity index (χ4v) is 5.63. The number of aryl methyl sites for hydroxylation is 6. The van der Waals surface area contributed by atoms with E-state index in [1.54, 1.807) is 0 Å². The van der Waals surface area contributed by atoms with Gasteiger partial charge in [-0.2, -0.15) is 17.7 Å². The van der Waals surface area contributed by atoms with Crippen LogP contribution in [0.1, 0.15) is 81.0 Å². The van der Waals surface area contributed by atoms with Gasteiger partial charge in [0.1, 0.15) is 0 Å². The molecule has 4 heteroatoms. The fraction of sp³-hybridized carbons (Fsp3) is 0.303. The number of hydrogen-bond donors (Lipinski definition) is 0. The van der Waals surface area contributed by atoms with Crippen LogP contribution in [-0.4, -0.2) is 0 Å². The van der Waals surface area contributed by atoms with Crippen LogP contribution in [0.25, 0.3) is 0 Å². The van der Waals surface area contributed by atoms with Gasteiger partial charge in [0.25, 0.3) is 0 Å². The van der Waals surface area contributed by atoms with E-state index >= 15 is 0 Å². The maximum Gasteiger partial charge on any atom is 4.00 e. The van der Waals surface area contributed by atoms with Gasteiger partial charge in [-0.05, 0) is 58.2 Å². The summed E-state index contributed by atoms with van der Waals surface area (Å²) in [4.78, 5) is 0. The largest absolute Gasteiger partial charge is 4.00 e. The molecule has 0 spiro atoms. The molecule has 0 fully saturated rings. The summed E-state index contributed by atoms with van der Waals surface area (Å²) in [6.45, 7) is 17.9. The maximum absolute atomic E-state index is 2.44. The zero-order valence-corrected chi connectivity index (χ0v) is 27.0. The quantitative estimate of drug-likeness (QED) is 0.172. The van der Waals surface area contributed by atoms with Crippen LogP contribution >= 0.6 is 0 Å². The summed E-state index contributed by atoms with van der Waals surface area (Å²) in [6, 6.07) is 28.3. The molecule has 0 N–H and O–H groups in total. The first kappa shape index (κ1) is 35.6. The second kappa shape index (κ2) is 14.1. The molecule has 0 atom stereocenters. The number of benzene rings is 3. The summed E-state index contributed by atoms with van der Waals surface area (Å²) in [5.41, 5.74) is 14.2. The topological polar surface area (TPSA) is 0 Å². The molecule has 0 aliphatic rings. The summed E-state index contributed by atoms with van der Waals surface area (Å²) in [5.74, 6) is 0.495. The van der Waals surface area contributed by atoms with Crippen molar-refractivity contribution < 1.29 is 58.9 Å². The van der Waals surface area contributed by atoms with E-state index in [0.717, 1.165) is 0 Å². The molecule has 0 saturated heterocycles. The third-order valence-corrected chi connectivity index (χ3v) is 6.84. The fourth-order valence-electron chi connectivity index (χ4n) is 5.63. The molecule has 4 aromatic rings. The first-order chi connectivity index (χ1) is 15.6. The average Bonchev–Trinajstić information content (AvgIpc) is 3.17. The minimum atomic E-state index is -0.377. The normalized spacial score (nSPS) is 10.6. The third-order valence-electron chi connectivity index (χ3n) is 6.84. The Morgan fingerprint density at radius 1 is 0.541 bits per heavy atom. The summed E-state index contributed by atoms with van der Waals surface area (Å²) in [6.07, 6.45) is 0. The molecular formula is C33H37Cl3Ti. The van der Waals surface area contributed by atoms with Gasteiger partial charge in [-0.25, -0.2) is 6.07 Å². The van der Waals surface area contributed by atoms with Gasteiger partial charge < -0.3 is 37.2 Å². The van der Waals surface area contributed by atoms with Gasteiger partial charge in [0.15, 0.2) is 0 Å². The van der Waals surface area contributed by atoms with Gasteiger partial charge in [-0.3, -0.25) is 0 Å². The van der Waals surface area contributed by atoms with Crippen LogP contribution in [0.2, 0.25) is 0 Å². The molecule has 0 aromatic heterocycles. The van der Waals surface area contributed by atoms with Crippen LogP contribution in [-0.2, 0) is 27.1 Å². The molecule has 0 unspecified atom stereocenters. The molecule has 0 saturated carbocycles. The van der Waals surface area contributed by atoms with Crippen molar-refractivity contribution in [3.05, 3.63) is 134 Å². The molecule has 0 aliphatic heterocycles. The van der Waals surface area contributed by atoms with Crippen molar-refractivity contribution in [2.75, 3.05) is 0 Å². The Bertz CT molecular complexity index is 1130. The van der Waals surface area contributed by atoms with E-state index < -0.39 is 0 Å². The summed E-state index contributed by atoms with van der Waals surface area (Å²) >= 11 is 0. The summed E-state index contributed by atoms with van der Waals surface area (Å²) < 4.78 is 0. The Labute approximate surface area is 258 Å². The Balaban J connectivity index is 0.00000324. The molecule has 4 rings (SSSR count). The molecule has 0 amide bonds. The summed E-state index contributed by atoms with van der Waals surface area (Å²) in [7, 11) is 0. The van der Waals surface area contributed by atoms with Crippen molar-refractivity contribution in [1.29, 1.82) is 0 Å².